The number of ketones is 1. The maximum Gasteiger partial charge on any atom is 0.259 e. The van der Waals surface area contributed by atoms with Crippen LogP contribution in [0, 0.1) is 0 Å². The highest BCUT2D eigenvalue weighted by Crippen LogP contribution is 2.26. The average Bonchev–Trinajstić information content (AvgIpc) is 3.31. The number of aromatic nitrogens is 2. The Hall–Kier alpha value is -3.32. The molecule has 4 rings (SSSR count). The molecule has 0 bridgehead atoms. The summed E-state index contributed by atoms with van der Waals surface area (Å²) in [5.74, 6) is -1.28. The lowest BCUT2D eigenvalue weighted by molar-refractivity contribution is -0.116. The predicted octanol–water partition coefficient (Wildman–Crippen LogP) is 3.25. The molecule has 6 nitrogen and oxygen atoms in total. The summed E-state index contributed by atoms with van der Waals surface area (Å²) in [5, 5.41) is 17.4. The number of rotatable bonds is 7. The van der Waals surface area contributed by atoms with Crippen LogP contribution in [0.15, 0.2) is 72.0 Å². The first-order valence-corrected chi connectivity index (χ1v) is 10.1. The molecule has 0 fully saturated rings. The number of hydrogen-bond acceptors (Lipinski definition) is 6. The molecule has 1 atom stereocenters. The van der Waals surface area contributed by atoms with Crippen molar-refractivity contribution in [3.8, 4) is 0 Å². The van der Waals surface area contributed by atoms with Crippen LogP contribution >= 0.6 is 11.5 Å². The molecule has 0 radical (unpaired) electrons. The van der Waals surface area contributed by atoms with Crippen LogP contribution in [0.3, 0.4) is 0 Å². The second-order valence-corrected chi connectivity index (χ2v) is 7.60. The van der Waals surface area contributed by atoms with Crippen molar-refractivity contribution in [1.29, 1.82) is 0 Å². The van der Waals surface area contributed by atoms with E-state index in [1.807, 2.05) is 60.7 Å². The molecule has 2 N–H and O–H groups in total. The van der Waals surface area contributed by atoms with Gasteiger partial charge in [0.15, 0.2) is 0 Å². The van der Waals surface area contributed by atoms with Gasteiger partial charge in [0.2, 0.25) is 5.78 Å². The second kappa shape index (κ2) is 8.36. The molecule has 1 unspecified atom stereocenters. The number of aliphatic hydroxyl groups is 1. The number of aliphatic hydroxyl groups excluding tert-OH is 1. The van der Waals surface area contributed by atoms with Crippen molar-refractivity contribution < 1.29 is 14.7 Å². The van der Waals surface area contributed by atoms with E-state index in [4.69, 9.17) is 0 Å². The standard InChI is InChI=1S/C22H19N3O3S/c26-19-16(12-11-14-7-3-1-4-8-14)23-22(28)18(19)20(27)21-17(24-25-29-21)13-15-9-5-2-6-10-15/h1-10,16,26H,11-13H2,(H,23,28). The van der Waals surface area contributed by atoms with E-state index in [0.29, 0.717) is 25.0 Å². The van der Waals surface area contributed by atoms with Gasteiger partial charge in [0.1, 0.15) is 16.2 Å². The molecule has 1 aliphatic heterocycles. The van der Waals surface area contributed by atoms with E-state index in [0.717, 1.165) is 22.7 Å². The smallest absolute Gasteiger partial charge is 0.259 e. The molecule has 0 spiro atoms. The van der Waals surface area contributed by atoms with Gasteiger partial charge in [-0.15, -0.1) is 5.10 Å². The zero-order valence-corrected chi connectivity index (χ0v) is 16.4. The maximum absolute atomic E-state index is 13.0. The van der Waals surface area contributed by atoms with Gasteiger partial charge in [-0.3, -0.25) is 9.59 Å². The number of aryl methyl sites for hydroxylation is 1. The SMILES string of the molecule is O=C1NC(CCc2ccccc2)C(O)=C1C(=O)c1snnc1Cc1ccccc1. The Bertz CT molecular complexity index is 1060. The van der Waals surface area contributed by atoms with Crippen LogP contribution in [0.25, 0.3) is 0 Å². The van der Waals surface area contributed by atoms with E-state index in [2.05, 4.69) is 14.9 Å². The Labute approximate surface area is 172 Å². The first kappa shape index (κ1) is 19.0. The van der Waals surface area contributed by atoms with Crippen LogP contribution in [-0.2, 0) is 17.6 Å². The molecule has 3 aromatic rings. The van der Waals surface area contributed by atoms with Crippen molar-refractivity contribution in [2.75, 3.05) is 0 Å². The summed E-state index contributed by atoms with van der Waals surface area (Å²) in [7, 11) is 0. The van der Waals surface area contributed by atoms with Crippen molar-refractivity contribution in [1.82, 2.24) is 14.9 Å². The number of carbonyl (C=O) groups is 2. The van der Waals surface area contributed by atoms with Crippen LogP contribution < -0.4 is 5.32 Å². The van der Waals surface area contributed by atoms with E-state index in [1.54, 1.807) is 0 Å². The summed E-state index contributed by atoms with van der Waals surface area (Å²) in [5.41, 5.74) is 2.39. The maximum atomic E-state index is 13.0. The molecule has 0 saturated heterocycles. The van der Waals surface area contributed by atoms with Gasteiger partial charge in [-0.25, -0.2) is 0 Å². The van der Waals surface area contributed by atoms with Crippen molar-refractivity contribution in [2.24, 2.45) is 0 Å². The molecule has 1 aliphatic rings. The first-order chi connectivity index (χ1) is 14.1. The number of Topliss-reactive ketones (excluding diaryl/α,β-unsaturated/α-hetero) is 1. The van der Waals surface area contributed by atoms with E-state index < -0.39 is 17.7 Å². The average molecular weight is 405 g/mol. The molecule has 7 heteroatoms. The second-order valence-electron chi connectivity index (χ2n) is 6.85. The van der Waals surface area contributed by atoms with Crippen LogP contribution in [0.4, 0.5) is 0 Å². The summed E-state index contributed by atoms with van der Waals surface area (Å²) in [6.45, 7) is 0. The van der Waals surface area contributed by atoms with Crippen LogP contribution in [0.1, 0.15) is 32.9 Å². The molecule has 29 heavy (non-hydrogen) atoms. The third-order valence-electron chi connectivity index (χ3n) is 4.89. The number of hydrogen-bond donors (Lipinski definition) is 2. The fourth-order valence-electron chi connectivity index (χ4n) is 3.37. The van der Waals surface area contributed by atoms with Gasteiger partial charge in [-0.05, 0) is 35.5 Å². The zero-order chi connectivity index (χ0) is 20.2. The third-order valence-corrected chi connectivity index (χ3v) is 5.65. The van der Waals surface area contributed by atoms with E-state index in [9.17, 15) is 14.7 Å². The number of nitrogens with zero attached hydrogens (tertiary/aromatic N) is 2. The quantitative estimate of drug-likeness (QED) is 0.465. The van der Waals surface area contributed by atoms with Gasteiger partial charge in [0, 0.05) is 6.42 Å². The molecule has 2 heterocycles. The zero-order valence-electron chi connectivity index (χ0n) is 15.5. The summed E-state index contributed by atoms with van der Waals surface area (Å²) in [6, 6.07) is 18.8. The molecule has 1 aromatic heterocycles. The van der Waals surface area contributed by atoms with E-state index in [-0.39, 0.29) is 16.2 Å². The lowest BCUT2D eigenvalue weighted by atomic mass is 10.0. The Balaban J connectivity index is 1.53. The highest BCUT2D eigenvalue weighted by molar-refractivity contribution is 7.08. The fraction of sp³-hybridized carbons (Fsp3) is 0.182. The number of amides is 1. The Kier molecular flexibility index (Phi) is 5.48. The summed E-state index contributed by atoms with van der Waals surface area (Å²) in [6.07, 6.45) is 1.63. The molecule has 2 aromatic carbocycles. The van der Waals surface area contributed by atoms with Gasteiger partial charge < -0.3 is 10.4 Å². The first-order valence-electron chi connectivity index (χ1n) is 9.31. The van der Waals surface area contributed by atoms with Crippen LogP contribution in [0.2, 0.25) is 0 Å². The highest BCUT2D eigenvalue weighted by Gasteiger charge is 2.37. The Morgan fingerprint density at radius 2 is 1.69 bits per heavy atom. The van der Waals surface area contributed by atoms with Crippen molar-refractivity contribution >= 4 is 23.2 Å². The summed E-state index contributed by atoms with van der Waals surface area (Å²) < 4.78 is 3.89. The van der Waals surface area contributed by atoms with E-state index >= 15 is 0 Å². The third kappa shape index (κ3) is 4.09. The monoisotopic (exact) mass is 405 g/mol. The van der Waals surface area contributed by atoms with Crippen molar-refractivity contribution in [3.05, 3.63) is 93.7 Å². The van der Waals surface area contributed by atoms with Crippen LogP contribution in [0.5, 0.6) is 0 Å². The van der Waals surface area contributed by atoms with Gasteiger partial charge >= 0.3 is 0 Å². The topological polar surface area (TPSA) is 92.2 Å². The Morgan fingerprint density at radius 1 is 1.03 bits per heavy atom. The molecule has 0 saturated carbocycles. The minimum Gasteiger partial charge on any atom is -0.509 e. The number of benzene rings is 2. The van der Waals surface area contributed by atoms with Crippen molar-refractivity contribution in [2.45, 2.75) is 25.3 Å². The van der Waals surface area contributed by atoms with Gasteiger partial charge in [0.05, 0.1) is 11.7 Å². The largest absolute Gasteiger partial charge is 0.509 e. The summed E-state index contributed by atoms with van der Waals surface area (Å²) >= 11 is 0.943. The lowest BCUT2D eigenvalue weighted by Gasteiger charge is -2.10. The number of nitrogens with one attached hydrogen (secondary N) is 1. The van der Waals surface area contributed by atoms with Crippen LogP contribution in [-0.4, -0.2) is 32.4 Å². The Morgan fingerprint density at radius 3 is 2.38 bits per heavy atom. The lowest BCUT2D eigenvalue weighted by Crippen LogP contribution is -2.30. The molecule has 0 aliphatic carbocycles. The molecular weight excluding hydrogens is 386 g/mol. The summed E-state index contributed by atoms with van der Waals surface area (Å²) in [4.78, 5) is 25.7. The molecular formula is C22H19N3O3S. The molecule has 146 valence electrons. The predicted molar refractivity (Wildman–Crippen MR) is 110 cm³/mol. The minimum atomic E-state index is -0.569. The van der Waals surface area contributed by atoms with E-state index in [1.165, 1.54) is 0 Å². The normalized spacial score (nSPS) is 16.1. The number of carbonyl (C=O) groups excluding carboxylic acids is 2. The fourth-order valence-corrected chi connectivity index (χ4v) is 4.00. The highest BCUT2D eigenvalue weighted by atomic mass is 32.1. The van der Waals surface area contributed by atoms with Gasteiger partial charge in [-0.2, -0.15) is 0 Å². The van der Waals surface area contributed by atoms with Gasteiger partial charge in [-0.1, -0.05) is 65.2 Å². The van der Waals surface area contributed by atoms with Gasteiger partial charge in [0.25, 0.3) is 5.91 Å². The minimum absolute atomic E-state index is 0.199. The van der Waals surface area contributed by atoms with Crippen molar-refractivity contribution in [3.63, 3.8) is 0 Å². The molecule has 1 amide bonds.